The van der Waals surface area contributed by atoms with Gasteiger partial charge in [0.2, 0.25) is 0 Å². The summed E-state index contributed by atoms with van der Waals surface area (Å²) in [5, 5.41) is 5.11. The highest BCUT2D eigenvalue weighted by Crippen LogP contribution is 2.50. The van der Waals surface area contributed by atoms with Crippen LogP contribution in [0.2, 0.25) is 0 Å². The molecule has 3 heteroatoms. The molecule has 0 unspecified atom stereocenters. The first-order chi connectivity index (χ1) is 11.9. The van der Waals surface area contributed by atoms with Gasteiger partial charge in [0.05, 0.1) is 6.20 Å². The van der Waals surface area contributed by atoms with Crippen molar-refractivity contribution >= 4 is 42.3 Å². The van der Waals surface area contributed by atoms with Crippen LogP contribution in [0, 0.1) is 0 Å². The van der Waals surface area contributed by atoms with Gasteiger partial charge in [-0.3, -0.25) is 4.98 Å². The zero-order chi connectivity index (χ0) is 15.7. The minimum Gasteiger partial charge on any atom is -0.454 e. The van der Waals surface area contributed by atoms with Crippen LogP contribution in [0.5, 0.6) is 11.5 Å². The van der Waals surface area contributed by atoms with Crippen molar-refractivity contribution in [2.45, 2.75) is 0 Å². The molecular formula is C21H11NOS. The van der Waals surface area contributed by atoms with Crippen LogP contribution < -0.4 is 4.74 Å². The highest BCUT2D eigenvalue weighted by Gasteiger charge is 2.22. The number of pyridine rings is 1. The third kappa shape index (κ3) is 1.47. The van der Waals surface area contributed by atoms with E-state index in [0.717, 1.165) is 17.1 Å². The zero-order valence-corrected chi connectivity index (χ0v) is 13.4. The summed E-state index contributed by atoms with van der Waals surface area (Å²) in [6, 6.07) is 19.3. The highest BCUT2D eigenvalue weighted by atomic mass is 32.1. The monoisotopic (exact) mass is 325 g/mol. The van der Waals surface area contributed by atoms with Gasteiger partial charge in [-0.2, -0.15) is 0 Å². The second-order valence-corrected chi connectivity index (χ2v) is 7.10. The maximum Gasteiger partial charge on any atom is 0.153 e. The second-order valence-electron chi connectivity index (χ2n) is 6.05. The van der Waals surface area contributed by atoms with Crippen molar-refractivity contribution in [2.75, 3.05) is 0 Å². The van der Waals surface area contributed by atoms with Crippen LogP contribution in [0.1, 0.15) is 0 Å². The minimum absolute atomic E-state index is 0.830. The van der Waals surface area contributed by atoms with Crippen LogP contribution in [-0.4, -0.2) is 4.98 Å². The molecule has 6 rings (SSSR count). The fourth-order valence-corrected chi connectivity index (χ4v) is 4.94. The molecule has 0 amide bonds. The Bertz CT molecular complexity index is 1290. The fraction of sp³-hybridized carbons (Fsp3) is 0. The van der Waals surface area contributed by atoms with E-state index in [0.29, 0.717) is 0 Å². The molecular weight excluding hydrogens is 314 g/mol. The van der Waals surface area contributed by atoms with Gasteiger partial charge in [-0.05, 0) is 29.8 Å². The van der Waals surface area contributed by atoms with Crippen LogP contribution in [0.15, 0.2) is 67.0 Å². The lowest BCUT2D eigenvalue weighted by atomic mass is 9.93. The van der Waals surface area contributed by atoms with Crippen molar-refractivity contribution in [1.29, 1.82) is 0 Å². The number of ether oxygens (including phenoxy) is 1. The smallest absolute Gasteiger partial charge is 0.153 e. The van der Waals surface area contributed by atoms with Crippen molar-refractivity contribution in [2.24, 2.45) is 0 Å². The summed E-state index contributed by atoms with van der Waals surface area (Å²) in [6.45, 7) is 0. The molecule has 0 bridgehead atoms. The molecule has 5 aromatic rings. The molecule has 0 aliphatic carbocycles. The minimum atomic E-state index is 0.830. The third-order valence-electron chi connectivity index (χ3n) is 4.76. The van der Waals surface area contributed by atoms with E-state index < -0.39 is 0 Å². The molecule has 0 spiro atoms. The summed E-state index contributed by atoms with van der Waals surface area (Å²) >= 11 is 1.86. The first-order valence-electron chi connectivity index (χ1n) is 7.89. The summed E-state index contributed by atoms with van der Waals surface area (Å²) < 4.78 is 8.77. The molecule has 2 aromatic heterocycles. The maximum atomic E-state index is 6.11. The quantitative estimate of drug-likeness (QED) is 0.323. The van der Waals surface area contributed by atoms with Gasteiger partial charge in [0.15, 0.2) is 5.75 Å². The topological polar surface area (TPSA) is 22.1 Å². The fourth-order valence-electron chi connectivity index (χ4n) is 3.72. The summed E-state index contributed by atoms with van der Waals surface area (Å²) in [6.07, 6.45) is 3.63. The van der Waals surface area contributed by atoms with Crippen molar-refractivity contribution < 1.29 is 4.74 Å². The predicted octanol–water partition coefficient (Wildman–Crippen LogP) is 6.38. The SMILES string of the molecule is c1ccc2c(c1)sc1c3cccc4c3c(cc21)-c1ccncc1O4. The number of hydrogen-bond acceptors (Lipinski definition) is 3. The van der Waals surface area contributed by atoms with Gasteiger partial charge in [-0.25, -0.2) is 0 Å². The summed E-state index contributed by atoms with van der Waals surface area (Å²) in [4.78, 5) is 4.21. The van der Waals surface area contributed by atoms with Gasteiger partial charge < -0.3 is 4.74 Å². The molecule has 1 aliphatic rings. The molecule has 0 atom stereocenters. The van der Waals surface area contributed by atoms with Crippen molar-refractivity contribution in [3.8, 4) is 22.6 Å². The number of hydrogen-bond donors (Lipinski definition) is 0. The average Bonchev–Trinajstić information content (AvgIpc) is 3.01. The van der Waals surface area contributed by atoms with Crippen LogP contribution in [0.25, 0.3) is 42.1 Å². The van der Waals surface area contributed by atoms with E-state index in [-0.39, 0.29) is 0 Å². The van der Waals surface area contributed by atoms with Gasteiger partial charge in [0.25, 0.3) is 0 Å². The Morgan fingerprint density at radius 3 is 2.71 bits per heavy atom. The van der Waals surface area contributed by atoms with E-state index in [9.17, 15) is 0 Å². The van der Waals surface area contributed by atoms with Gasteiger partial charge >= 0.3 is 0 Å². The van der Waals surface area contributed by atoms with Gasteiger partial charge in [0.1, 0.15) is 5.75 Å². The maximum absolute atomic E-state index is 6.11. The van der Waals surface area contributed by atoms with Gasteiger partial charge in [0, 0.05) is 42.7 Å². The van der Waals surface area contributed by atoms with Crippen LogP contribution in [0.4, 0.5) is 0 Å². The van der Waals surface area contributed by atoms with E-state index in [4.69, 9.17) is 4.74 Å². The lowest BCUT2D eigenvalue weighted by molar-refractivity contribution is 0.484. The Labute approximate surface area is 142 Å². The number of benzene rings is 3. The number of fused-ring (bicyclic) bond motifs is 6. The molecule has 24 heavy (non-hydrogen) atoms. The first kappa shape index (κ1) is 12.5. The van der Waals surface area contributed by atoms with Gasteiger partial charge in [-0.15, -0.1) is 11.3 Å². The molecule has 0 saturated heterocycles. The van der Waals surface area contributed by atoms with Gasteiger partial charge in [-0.1, -0.05) is 30.3 Å². The van der Waals surface area contributed by atoms with Crippen molar-refractivity contribution in [1.82, 2.24) is 4.98 Å². The van der Waals surface area contributed by atoms with Crippen molar-refractivity contribution in [3.05, 3.63) is 67.0 Å². The zero-order valence-electron chi connectivity index (χ0n) is 12.6. The molecule has 0 radical (unpaired) electrons. The Hall–Kier alpha value is -2.91. The van der Waals surface area contributed by atoms with E-state index in [1.165, 1.54) is 36.5 Å². The van der Waals surface area contributed by atoms with Crippen LogP contribution >= 0.6 is 11.3 Å². The number of nitrogens with zero attached hydrogens (tertiary/aromatic N) is 1. The third-order valence-corrected chi connectivity index (χ3v) is 5.98. The summed E-state index contributed by atoms with van der Waals surface area (Å²) in [7, 11) is 0. The standard InChI is InChI=1S/C21H11NOS/c1-2-7-19-13(4-1)16-10-15-12-8-9-22-11-18(12)23-17-6-3-5-14(20(15)17)21(16)24-19/h1-11H. The highest BCUT2D eigenvalue weighted by molar-refractivity contribution is 7.26. The Balaban J connectivity index is 1.91. The summed E-state index contributed by atoms with van der Waals surface area (Å²) in [5.74, 6) is 1.75. The van der Waals surface area contributed by atoms with E-state index in [1.54, 1.807) is 6.20 Å². The molecule has 112 valence electrons. The number of aromatic nitrogens is 1. The molecule has 3 heterocycles. The molecule has 0 saturated carbocycles. The molecule has 3 aromatic carbocycles. The number of rotatable bonds is 0. The Morgan fingerprint density at radius 2 is 1.71 bits per heavy atom. The van der Waals surface area contributed by atoms with Crippen LogP contribution in [-0.2, 0) is 0 Å². The molecule has 0 fully saturated rings. The molecule has 2 nitrogen and oxygen atoms in total. The van der Waals surface area contributed by atoms with Crippen LogP contribution in [0.3, 0.4) is 0 Å². The summed E-state index contributed by atoms with van der Waals surface area (Å²) in [5.41, 5.74) is 2.35. The normalized spacial score (nSPS) is 12.5. The molecule has 1 aliphatic heterocycles. The Kier molecular flexibility index (Phi) is 2.26. The van der Waals surface area contributed by atoms with E-state index >= 15 is 0 Å². The Morgan fingerprint density at radius 1 is 0.792 bits per heavy atom. The van der Waals surface area contributed by atoms with E-state index in [2.05, 4.69) is 47.4 Å². The van der Waals surface area contributed by atoms with E-state index in [1.807, 2.05) is 29.7 Å². The lowest BCUT2D eigenvalue weighted by Crippen LogP contribution is -1.97. The second kappa shape index (κ2) is 4.34. The lowest BCUT2D eigenvalue weighted by Gasteiger charge is -2.21. The average molecular weight is 325 g/mol. The largest absolute Gasteiger partial charge is 0.454 e. The molecule has 0 N–H and O–H groups in total. The van der Waals surface area contributed by atoms with Crippen molar-refractivity contribution in [3.63, 3.8) is 0 Å². The predicted molar refractivity (Wildman–Crippen MR) is 100 cm³/mol. The number of thiophene rings is 1. The first-order valence-corrected chi connectivity index (χ1v) is 8.71.